The Morgan fingerprint density at radius 1 is 1.06 bits per heavy atom. The van der Waals surface area contributed by atoms with Crippen LogP contribution in [-0.2, 0) is 0 Å². The molecule has 1 saturated heterocycles. The number of aromatic nitrogens is 1. The third kappa shape index (κ3) is 6.05. The van der Waals surface area contributed by atoms with Crippen LogP contribution in [0.3, 0.4) is 0 Å². The van der Waals surface area contributed by atoms with Crippen molar-refractivity contribution in [3.05, 3.63) is 48.5 Å². The van der Waals surface area contributed by atoms with E-state index in [1.165, 1.54) is 35.9 Å². The van der Waals surface area contributed by atoms with E-state index in [1.807, 2.05) is 24.3 Å². The zero-order valence-electron chi connectivity index (χ0n) is 20.4. The van der Waals surface area contributed by atoms with Crippen molar-refractivity contribution in [1.29, 1.82) is 0 Å². The molecular weight excluding hydrogens is 458 g/mol. The van der Waals surface area contributed by atoms with Crippen LogP contribution in [0.25, 0.3) is 10.1 Å². The molecule has 1 aliphatic heterocycles. The van der Waals surface area contributed by atoms with Crippen LogP contribution in [0.1, 0.15) is 32.1 Å². The van der Waals surface area contributed by atoms with Crippen LogP contribution in [-0.4, -0.2) is 61.2 Å². The lowest BCUT2D eigenvalue weighted by Crippen LogP contribution is -2.47. The number of fused-ring (bicyclic) bond motifs is 1. The van der Waals surface area contributed by atoms with Crippen LogP contribution in [0.15, 0.2) is 48.5 Å². The lowest BCUT2D eigenvalue weighted by molar-refractivity contribution is 0.208. The average molecular weight is 494 g/mol. The summed E-state index contributed by atoms with van der Waals surface area (Å²) in [5, 5.41) is 7.36. The highest BCUT2D eigenvalue weighted by Crippen LogP contribution is 2.31. The van der Waals surface area contributed by atoms with E-state index in [2.05, 4.69) is 44.7 Å². The number of benzene rings is 2. The van der Waals surface area contributed by atoms with Gasteiger partial charge in [0.15, 0.2) is 0 Å². The summed E-state index contributed by atoms with van der Waals surface area (Å²) in [5.74, 6) is 2.66. The number of amides is 2. The first-order valence-electron chi connectivity index (χ1n) is 12.7. The quantitative estimate of drug-likeness (QED) is 0.474. The molecule has 2 N–H and O–H groups in total. The molecular formula is C27H35N5O2S. The summed E-state index contributed by atoms with van der Waals surface area (Å²) in [6, 6.07) is 16.1. The molecule has 3 aromatic rings. The fourth-order valence-electron chi connectivity index (χ4n) is 5.30. The van der Waals surface area contributed by atoms with Crippen LogP contribution in [0, 0.1) is 5.92 Å². The molecule has 2 heterocycles. The predicted molar refractivity (Wildman–Crippen MR) is 144 cm³/mol. The Bertz CT molecular complexity index is 1120. The minimum atomic E-state index is -0.132. The van der Waals surface area contributed by atoms with Gasteiger partial charge in [-0.3, -0.25) is 4.90 Å². The zero-order chi connectivity index (χ0) is 24.0. The molecule has 2 aromatic carbocycles. The van der Waals surface area contributed by atoms with Gasteiger partial charge < -0.3 is 20.3 Å². The van der Waals surface area contributed by atoms with E-state index in [0.717, 1.165) is 62.2 Å². The van der Waals surface area contributed by atoms with E-state index >= 15 is 0 Å². The highest BCUT2D eigenvalue weighted by atomic mass is 32.1. The van der Waals surface area contributed by atoms with Gasteiger partial charge in [-0.25, -0.2) is 4.79 Å². The molecule has 35 heavy (non-hydrogen) atoms. The van der Waals surface area contributed by atoms with Gasteiger partial charge in [-0.15, -0.1) is 0 Å². The van der Waals surface area contributed by atoms with Crippen molar-refractivity contribution in [1.82, 2.24) is 14.6 Å². The maximum atomic E-state index is 12.4. The molecule has 186 valence electrons. The average Bonchev–Trinajstić information content (AvgIpc) is 3.33. The number of hydrogen-bond donors (Lipinski definition) is 2. The highest BCUT2D eigenvalue weighted by Gasteiger charge is 2.25. The molecule has 8 heteroatoms. The van der Waals surface area contributed by atoms with Gasteiger partial charge in [0.25, 0.3) is 0 Å². The standard InChI is InChI=1S/C27H35N5O2S/c1-34-23-6-4-5-22(19-23)29-27(33)28-21-11-9-20(10-12-21)13-14-31-15-17-32(18-16-31)26-24-7-2-3-8-25(24)35-30-26/h2-8,19-21H,9-18H2,1H3,(H2,28,29,33)/t20-,21-. The van der Waals surface area contributed by atoms with Crippen molar-refractivity contribution >= 4 is 39.2 Å². The van der Waals surface area contributed by atoms with E-state index in [-0.39, 0.29) is 12.1 Å². The van der Waals surface area contributed by atoms with Gasteiger partial charge in [-0.2, -0.15) is 4.37 Å². The van der Waals surface area contributed by atoms with Crippen molar-refractivity contribution < 1.29 is 9.53 Å². The second kappa shape index (κ2) is 11.3. The van der Waals surface area contributed by atoms with Crippen LogP contribution >= 0.6 is 11.5 Å². The second-order valence-corrected chi connectivity index (χ2v) is 10.5. The largest absolute Gasteiger partial charge is 0.497 e. The van der Waals surface area contributed by atoms with Gasteiger partial charge >= 0.3 is 6.03 Å². The van der Waals surface area contributed by atoms with Crippen LogP contribution < -0.4 is 20.3 Å². The molecule has 0 bridgehead atoms. The Hall–Kier alpha value is -2.84. The van der Waals surface area contributed by atoms with E-state index < -0.39 is 0 Å². The van der Waals surface area contributed by atoms with Crippen molar-refractivity contribution in [3.8, 4) is 5.75 Å². The number of nitrogens with zero attached hydrogens (tertiary/aromatic N) is 3. The number of methoxy groups -OCH3 is 1. The summed E-state index contributed by atoms with van der Waals surface area (Å²) in [5.41, 5.74) is 0.749. The first-order valence-corrected chi connectivity index (χ1v) is 13.5. The molecule has 0 radical (unpaired) electrons. The number of nitrogens with one attached hydrogen (secondary N) is 2. The smallest absolute Gasteiger partial charge is 0.319 e. The van der Waals surface area contributed by atoms with E-state index in [0.29, 0.717) is 0 Å². The first-order chi connectivity index (χ1) is 17.2. The van der Waals surface area contributed by atoms with E-state index in [4.69, 9.17) is 9.11 Å². The number of hydrogen-bond acceptors (Lipinski definition) is 6. The number of piperazine rings is 1. The zero-order valence-corrected chi connectivity index (χ0v) is 21.2. The number of anilines is 2. The second-order valence-electron chi connectivity index (χ2n) is 9.67. The molecule has 2 amide bonds. The predicted octanol–water partition coefficient (Wildman–Crippen LogP) is 5.20. The summed E-state index contributed by atoms with van der Waals surface area (Å²) < 4.78 is 11.2. The Kier molecular flexibility index (Phi) is 7.69. The Morgan fingerprint density at radius 3 is 2.66 bits per heavy atom. The topological polar surface area (TPSA) is 69.7 Å². The number of rotatable bonds is 7. The molecule has 0 spiro atoms. The van der Waals surface area contributed by atoms with E-state index in [1.54, 1.807) is 18.6 Å². The molecule has 1 aromatic heterocycles. The van der Waals surface area contributed by atoms with Gasteiger partial charge in [0.1, 0.15) is 11.6 Å². The highest BCUT2D eigenvalue weighted by molar-refractivity contribution is 7.13. The fourth-order valence-corrected chi connectivity index (χ4v) is 6.09. The molecule has 1 saturated carbocycles. The lowest BCUT2D eigenvalue weighted by Gasteiger charge is -2.36. The maximum absolute atomic E-state index is 12.4. The number of carbonyl (C=O) groups excluding carboxylic acids is 1. The van der Waals surface area contributed by atoms with Crippen molar-refractivity contribution in [2.24, 2.45) is 5.92 Å². The third-order valence-corrected chi connectivity index (χ3v) is 8.21. The Labute approximate surface area is 211 Å². The minimum Gasteiger partial charge on any atom is -0.497 e. The Morgan fingerprint density at radius 2 is 1.86 bits per heavy atom. The van der Waals surface area contributed by atoms with Gasteiger partial charge in [0.05, 0.1) is 11.8 Å². The van der Waals surface area contributed by atoms with Crippen molar-refractivity contribution in [2.75, 3.05) is 50.1 Å². The number of urea groups is 1. The van der Waals surface area contributed by atoms with Crippen LogP contribution in [0.2, 0.25) is 0 Å². The first kappa shape index (κ1) is 23.9. The maximum Gasteiger partial charge on any atom is 0.319 e. The molecule has 0 unspecified atom stereocenters. The monoisotopic (exact) mass is 493 g/mol. The van der Waals surface area contributed by atoms with Crippen LogP contribution in [0.5, 0.6) is 5.75 Å². The number of ether oxygens (including phenoxy) is 1. The molecule has 7 nitrogen and oxygen atoms in total. The van der Waals surface area contributed by atoms with Gasteiger partial charge in [0, 0.05) is 49.4 Å². The normalized spacial score (nSPS) is 21.1. The molecule has 5 rings (SSSR count). The fraction of sp³-hybridized carbons (Fsp3) is 0.481. The summed E-state index contributed by atoms with van der Waals surface area (Å²) in [7, 11) is 1.63. The molecule has 2 aliphatic rings. The van der Waals surface area contributed by atoms with Crippen LogP contribution in [0.4, 0.5) is 16.3 Å². The molecule has 0 atom stereocenters. The minimum absolute atomic E-state index is 0.132. The van der Waals surface area contributed by atoms with Gasteiger partial charge in [-0.1, -0.05) is 18.2 Å². The summed E-state index contributed by atoms with van der Waals surface area (Å²) >= 11 is 1.60. The summed E-state index contributed by atoms with van der Waals surface area (Å²) in [6.45, 7) is 5.48. The van der Waals surface area contributed by atoms with Crippen molar-refractivity contribution in [2.45, 2.75) is 38.1 Å². The van der Waals surface area contributed by atoms with Gasteiger partial charge in [0.2, 0.25) is 0 Å². The van der Waals surface area contributed by atoms with E-state index in [9.17, 15) is 4.79 Å². The number of carbonyl (C=O) groups is 1. The SMILES string of the molecule is COc1cccc(NC(=O)N[C@H]2CC[C@H](CCN3CCN(c4nsc5ccccc45)CC3)CC2)c1. The molecule has 2 fully saturated rings. The summed E-state index contributed by atoms with van der Waals surface area (Å²) in [4.78, 5) is 17.5. The van der Waals surface area contributed by atoms with Gasteiger partial charge in [-0.05, 0) is 80.4 Å². The summed E-state index contributed by atoms with van der Waals surface area (Å²) in [6.07, 6.45) is 5.74. The Balaban J connectivity index is 1.00. The van der Waals surface area contributed by atoms with Crippen molar-refractivity contribution in [3.63, 3.8) is 0 Å². The third-order valence-electron chi connectivity index (χ3n) is 7.39. The lowest BCUT2D eigenvalue weighted by atomic mass is 9.84. The molecule has 1 aliphatic carbocycles.